The molecule has 0 amide bonds. The molecule has 0 unspecified atom stereocenters. The molecule has 0 atom stereocenters. The Labute approximate surface area is 95.9 Å². The van der Waals surface area contributed by atoms with Crippen LogP contribution >= 0.6 is 0 Å². The van der Waals surface area contributed by atoms with E-state index in [1.807, 2.05) is 19.1 Å². The SMILES string of the molecule is COc1ccc(N2CCC(C)(O)CC2)nc1. The highest BCUT2D eigenvalue weighted by Gasteiger charge is 2.27. The van der Waals surface area contributed by atoms with Gasteiger partial charge in [0.1, 0.15) is 11.6 Å². The maximum atomic E-state index is 9.85. The average molecular weight is 222 g/mol. The van der Waals surface area contributed by atoms with E-state index >= 15 is 0 Å². The third kappa shape index (κ3) is 2.44. The van der Waals surface area contributed by atoms with Gasteiger partial charge in [-0.3, -0.25) is 0 Å². The molecule has 1 fully saturated rings. The number of hydrogen-bond acceptors (Lipinski definition) is 4. The number of ether oxygens (including phenoxy) is 1. The van der Waals surface area contributed by atoms with Gasteiger partial charge in [0.25, 0.3) is 0 Å². The summed E-state index contributed by atoms with van der Waals surface area (Å²) in [5.41, 5.74) is -0.511. The molecule has 2 rings (SSSR count). The first-order valence-corrected chi connectivity index (χ1v) is 5.58. The van der Waals surface area contributed by atoms with Crippen LogP contribution < -0.4 is 9.64 Å². The number of hydrogen-bond donors (Lipinski definition) is 1. The molecule has 0 saturated carbocycles. The van der Waals surface area contributed by atoms with E-state index in [9.17, 15) is 5.11 Å². The lowest BCUT2D eigenvalue weighted by Gasteiger charge is -2.36. The van der Waals surface area contributed by atoms with Crippen LogP contribution in [0.2, 0.25) is 0 Å². The van der Waals surface area contributed by atoms with Crippen molar-refractivity contribution in [3.8, 4) is 5.75 Å². The molecule has 0 aliphatic carbocycles. The lowest BCUT2D eigenvalue weighted by molar-refractivity contribution is 0.0350. The highest BCUT2D eigenvalue weighted by molar-refractivity contribution is 5.41. The van der Waals surface area contributed by atoms with Crippen molar-refractivity contribution in [1.82, 2.24) is 4.98 Å². The minimum absolute atomic E-state index is 0.511. The summed E-state index contributed by atoms with van der Waals surface area (Å²) in [4.78, 5) is 6.53. The largest absolute Gasteiger partial charge is 0.495 e. The van der Waals surface area contributed by atoms with Gasteiger partial charge < -0.3 is 14.7 Å². The zero-order valence-electron chi connectivity index (χ0n) is 9.81. The van der Waals surface area contributed by atoms with Gasteiger partial charge >= 0.3 is 0 Å². The molecule has 0 radical (unpaired) electrons. The number of nitrogens with zero attached hydrogens (tertiary/aromatic N) is 2. The molecule has 4 nitrogen and oxygen atoms in total. The number of anilines is 1. The van der Waals surface area contributed by atoms with E-state index < -0.39 is 5.60 Å². The van der Waals surface area contributed by atoms with Crippen molar-refractivity contribution in [3.63, 3.8) is 0 Å². The summed E-state index contributed by atoms with van der Waals surface area (Å²) >= 11 is 0. The molecule has 1 saturated heterocycles. The second kappa shape index (κ2) is 4.29. The van der Waals surface area contributed by atoms with Gasteiger partial charge in [0.05, 0.1) is 18.9 Å². The summed E-state index contributed by atoms with van der Waals surface area (Å²) in [6.45, 7) is 3.60. The van der Waals surface area contributed by atoms with Gasteiger partial charge in [0.2, 0.25) is 0 Å². The summed E-state index contributed by atoms with van der Waals surface area (Å²) in [7, 11) is 1.63. The molecule has 1 aromatic heterocycles. The molecule has 0 spiro atoms. The van der Waals surface area contributed by atoms with E-state index in [0.717, 1.165) is 37.5 Å². The second-order valence-corrected chi connectivity index (χ2v) is 4.54. The fraction of sp³-hybridized carbons (Fsp3) is 0.583. The molecule has 0 aromatic carbocycles. The minimum atomic E-state index is -0.511. The van der Waals surface area contributed by atoms with Gasteiger partial charge in [0, 0.05) is 13.1 Å². The standard InChI is InChI=1S/C12H18N2O2/c1-12(15)5-7-14(8-6-12)11-4-3-10(16-2)9-13-11/h3-4,9,15H,5-8H2,1-2H3. The lowest BCUT2D eigenvalue weighted by Crippen LogP contribution is -2.42. The summed E-state index contributed by atoms with van der Waals surface area (Å²) in [5, 5.41) is 9.85. The molecule has 1 aliphatic rings. The van der Waals surface area contributed by atoms with Gasteiger partial charge in [-0.25, -0.2) is 4.98 Å². The number of methoxy groups -OCH3 is 1. The number of aliphatic hydroxyl groups is 1. The van der Waals surface area contributed by atoms with Crippen LogP contribution in [0.5, 0.6) is 5.75 Å². The third-order valence-electron chi connectivity index (χ3n) is 3.12. The number of piperidine rings is 1. The number of pyridine rings is 1. The molecule has 1 aromatic rings. The summed E-state index contributed by atoms with van der Waals surface area (Å²) in [6, 6.07) is 3.87. The van der Waals surface area contributed by atoms with Gasteiger partial charge in [-0.15, -0.1) is 0 Å². The smallest absolute Gasteiger partial charge is 0.137 e. The monoisotopic (exact) mass is 222 g/mol. The van der Waals surface area contributed by atoms with Crippen molar-refractivity contribution in [2.75, 3.05) is 25.1 Å². The van der Waals surface area contributed by atoms with Crippen LogP contribution in [0.4, 0.5) is 5.82 Å². The van der Waals surface area contributed by atoms with Gasteiger partial charge in [-0.05, 0) is 31.9 Å². The Kier molecular flexibility index (Phi) is 3.01. The highest BCUT2D eigenvalue weighted by atomic mass is 16.5. The van der Waals surface area contributed by atoms with Crippen molar-refractivity contribution < 1.29 is 9.84 Å². The van der Waals surface area contributed by atoms with E-state index in [0.29, 0.717) is 0 Å². The average Bonchev–Trinajstić information content (AvgIpc) is 2.29. The molecule has 2 heterocycles. The molecule has 1 aliphatic heterocycles. The molecule has 16 heavy (non-hydrogen) atoms. The maximum absolute atomic E-state index is 9.85. The highest BCUT2D eigenvalue weighted by Crippen LogP contribution is 2.25. The topological polar surface area (TPSA) is 45.6 Å². The van der Waals surface area contributed by atoms with Crippen molar-refractivity contribution >= 4 is 5.82 Å². The van der Waals surface area contributed by atoms with Crippen LogP contribution in [0.1, 0.15) is 19.8 Å². The third-order valence-corrected chi connectivity index (χ3v) is 3.12. The fourth-order valence-corrected chi connectivity index (χ4v) is 1.90. The van der Waals surface area contributed by atoms with Gasteiger partial charge in [-0.2, -0.15) is 0 Å². The molecular weight excluding hydrogens is 204 g/mol. The van der Waals surface area contributed by atoms with Crippen molar-refractivity contribution in [2.24, 2.45) is 0 Å². The van der Waals surface area contributed by atoms with E-state index in [1.54, 1.807) is 13.3 Å². The summed E-state index contributed by atoms with van der Waals surface area (Å²) in [6.07, 6.45) is 3.31. The zero-order valence-corrected chi connectivity index (χ0v) is 9.81. The van der Waals surface area contributed by atoms with Crippen LogP contribution in [-0.2, 0) is 0 Å². The molecular formula is C12H18N2O2. The first-order valence-electron chi connectivity index (χ1n) is 5.58. The van der Waals surface area contributed by atoms with E-state index in [-0.39, 0.29) is 0 Å². The van der Waals surface area contributed by atoms with Crippen molar-refractivity contribution in [1.29, 1.82) is 0 Å². The van der Waals surface area contributed by atoms with E-state index in [1.165, 1.54) is 0 Å². The van der Waals surface area contributed by atoms with Gasteiger partial charge in [-0.1, -0.05) is 0 Å². The predicted molar refractivity (Wildman–Crippen MR) is 62.9 cm³/mol. The number of aromatic nitrogens is 1. The summed E-state index contributed by atoms with van der Waals surface area (Å²) < 4.78 is 5.07. The van der Waals surface area contributed by atoms with E-state index in [2.05, 4.69) is 9.88 Å². The molecule has 1 N–H and O–H groups in total. The number of rotatable bonds is 2. The Balaban J connectivity index is 2.03. The van der Waals surface area contributed by atoms with Crippen LogP contribution in [0.3, 0.4) is 0 Å². The molecule has 88 valence electrons. The van der Waals surface area contributed by atoms with Gasteiger partial charge in [0.15, 0.2) is 0 Å². The van der Waals surface area contributed by atoms with E-state index in [4.69, 9.17) is 4.74 Å². The molecule has 4 heteroatoms. The predicted octanol–water partition coefficient (Wildman–Crippen LogP) is 1.44. The second-order valence-electron chi connectivity index (χ2n) is 4.54. The maximum Gasteiger partial charge on any atom is 0.137 e. The van der Waals surface area contributed by atoms with Crippen LogP contribution in [0.25, 0.3) is 0 Å². The first-order chi connectivity index (χ1) is 7.61. The lowest BCUT2D eigenvalue weighted by atomic mass is 9.94. The normalized spacial score (nSPS) is 19.6. The Morgan fingerprint density at radius 3 is 2.56 bits per heavy atom. The van der Waals surface area contributed by atoms with Crippen LogP contribution in [-0.4, -0.2) is 35.9 Å². The zero-order chi connectivity index (χ0) is 11.6. The fourth-order valence-electron chi connectivity index (χ4n) is 1.90. The Morgan fingerprint density at radius 2 is 2.06 bits per heavy atom. The Hall–Kier alpha value is -1.29. The van der Waals surface area contributed by atoms with Crippen molar-refractivity contribution in [3.05, 3.63) is 18.3 Å². The Bertz CT molecular complexity index is 339. The van der Waals surface area contributed by atoms with Crippen molar-refractivity contribution in [2.45, 2.75) is 25.4 Å². The Morgan fingerprint density at radius 1 is 1.38 bits per heavy atom. The minimum Gasteiger partial charge on any atom is -0.495 e. The quantitative estimate of drug-likeness (QED) is 0.822. The summed E-state index contributed by atoms with van der Waals surface area (Å²) in [5.74, 6) is 1.73. The first kappa shape index (κ1) is 11.2. The molecule has 0 bridgehead atoms. The van der Waals surface area contributed by atoms with Crippen LogP contribution in [0.15, 0.2) is 18.3 Å². The van der Waals surface area contributed by atoms with Crippen LogP contribution in [0, 0.1) is 0 Å².